The summed E-state index contributed by atoms with van der Waals surface area (Å²) in [5, 5.41) is 11.6. The van der Waals surface area contributed by atoms with Crippen LogP contribution in [0.2, 0.25) is 0 Å². The minimum absolute atomic E-state index is 0.106. The first kappa shape index (κ1) is 20.2. The Hall–Kier alpha value is -2.49. The first-order chi connectivity index (χ1) is 13.4. The average Bonchev–Trinajstić information content (AvgIpc) is 2.93. The highest BCUT2D eigenvalue weighted by Crippen LogP contribution is 2.31. The van der Waals surface area contributed by atoms with Gasteiger partial charge in [0.2, 0.25) is 10.0 Å². The smallest absolute Gasteiger partial charge is 0.293 e. The van der Waals surface area contributed by atoms with E-state index in [0.29, 0.717) is 18.8 Å². The van der Waals surface area contributed by atoms with Gasteiger partial charge in [0.25, 0.3) is 5.69 Å². The van der Waals surface area contributed by atoms with Gasteiger partial charge in [-0.2, -0.15) is 0 Å². The molecule has 2 aromatic rings. The number of sulfonamides is 1. The van der Waals surface area contributed by atoms with E-state index in [1.54, 1.807) is 0 Å². The second-order valence-corrected chi connectivity index (χ2v) is 8.60. The fourth-order valence-electron chi connectivity index (χ4n) is 3.41. The van der Waals surface area contributed by atoms with Crippen molar-refractivity contribution in [1.29, 1.82) is 0 Å². The first-order valence-corrected chi connectivity index (χ1v) is 10.6. The van der Waals surface area contributed by atoms with Crippen molar-refractivity contribution < 1.29 is 13.3 Å². The minimum atomic E-state index is -3.73. The molecule has 0 spiro atoms. The molecule has 28 heavy (non-hydrogen) atoms. The van der Waals surface area contributed by atoms with E-state index in [1.807, 2.05) is 23.1 Å². The molecule has 0 amide bonds. The van der Waals surface area contributed by atoms with Crippen LogP contribution in [0.25, 0.3) is 0 Å². The van der Waals surface area contributed by atoms with E-state index in [4.69, 9.17) is 0 Å². The summed E-state index contributed by atoms with van der Waals surface area (Å²) < 4.78 is 26.2. The summed E-state index contributed by atoms with van der Waals surface area (Å²) in [6, 6.07) is 14.3. The van der Waals surface area contributed by atoms with Gasteiger partial charge in [0, 0.05) is 38.8 Å². The van der Waals surface area contributed by atoms with Crippen LogP contribution in [0.3, 0.4) is 0 Å². The van der Waals surface area contributed by atoms with Crippen molar-refractivity contribution in [2.45, 2.75) is 17.9 Å². The summed E-state index contributed by atoms with van der Waals surface area (Å²) in [5.74, 6) is 0. The Kier molecular flexibility index (Phi) is 6.28. The van der Waals surface area contributed by atoms with Gasteiger partial charge in [-0.15, -0.1) is 0 Å². The molecule has 1 aliphatic heterocycles. The maximum atomic E-state index is 12.0. The highest BCUT2D eigenvalue weighted by molar-refractivity contribution is 7.89. The van der Waals surface area contributed by atoms with Crippen LogP contribution >= 0.6 is 0 Å². The van der Waals surface area contributed by atoms with Crippen LogP contribution in [0.15, 0.2) is 53.4 Å². The van der Waals surface area contributed by atoms with Gasteiger partial charge >= 0.3 is 0 Å². The lowest BCUT2D eigenvalue weighted by Crippen LogP contribution is -2.31. The molecule has 0 atom stereocenters. The molecular weight excluding hydrogens is 380 g/mol. The summed E-state index contributed by atoms with van der Waals surface area (Å²) >= 11 is 0. The molecular formula is C19H24N4O4S. The topological polar surface area (TPSA) is 95.8 Å². The van der Waals surface area contributed by atoms with Crippen LogP contribution in [-0.4, -0.2) is 51.5 Å². The van der Waals surface area contributed by atoms with Crippen molar-refractivity contribution >= 4 is 21.4 Å². The molecule has 0 radical (unpaired) electrons. The van der Waals surface area contributed by atoms with E-state index in [0.717, 1.165) is 32.1 Å². The number of hydrogen-bond acceptors (Lipinski definition) is 6. The number of nitrogens with one attached hydrogen (secondary N) is 1. The van der Waals surface area contributed by atoms with Gasteiger partial charge < -0.3 is 4.90 Å². The Balaban J connectivity index is 1.78. The first-order valence-electron chi connectivity index (χ1n) is 9.14. The predicted molar refractivity (Wildman–Crippen MR) is 108 cm³/mol. The Bertz CT molecular complexity index is 934. The zero-order valence-corrected chi connectivity index (χ0v) is 16.6. The van der Waals surface area contributed by atoms with Crippen molar-refractivity contribution in [3.8, 4) is 0 Å². The second kappa shape index (κ2) is 8.68. The molecule has 1 saturated heterocycles. The molecule has 1 N–H and O–H groups in total. The number of benzene rings is 2. The van der Waals surface area contributed by atoms with Gasteiger partial charge in [0.15, 0.2) is 0 Å². The van der Waals surface area contributed by atoms with Crippen LogP contribution in [0, 0.1) is 10.1 Å². The van der Waals surface area contributed by atoms with Gasteiger partial charge in [-0.3, -0.25) is 15.0 Å². The number of nitro benzene ring substituents is 1. The van der Waals surface area contributed by atoms with Crippen LogP contribution in [0.5, 0.6) is 0 Å². The van der Waals surface area contributed by atoms with Gasteiger partial charge in [-0.1, -0.05) is 30.3 Å². The fourth-order valence-corrected chi connectivity index (χ4v) is 4.16. The van der Waals surface area contributed by atoms with E-state index in [2.05, 4.69) is 21.8 Å². The fraction of sp³-hybridized carbons (Fsp3) is 0.368. The van der Waals surface area contributed by atoms with Crippen molar-refractivity contribution in [2.24, 2.45) is 0 Å². The minimum Gasteiger partial charge on any atom is -0.365 e. The standard InChI is InChI=1S/C19H24N4O4S/c1-20-28(26,27)17-8-9-18(19(14-17)23(24)25)22-11-5-10-21(12-13-22)15-16-6-3-2-4-7-16/h2-4,6-9,14,20H,5,10-13,15H2,1H3. The SMILES string of the molecule is CNS(=O)(=O)c1ccc(N2CCCN(Cc3ccccc3)CC2)c([N+](=O)[O-])c1. The third-order valence-corrected chi connectivity index (χ3v) is 6.31. The number of anilines is 1. The summed E-state index contributed by atoms with van der Waals surface area (Å²) in [6.45, 7) is 3.86. The number of nitro groups is 1. The molecule has 8 nitrogen and oxygen atoms in total. The van der Waals surface area contributed by atoms with Crippen LogP contribution in [-0.2, 0) is 16.6 Å². The summed E-state index contributed by atoms with van der Waals surface area (Å²) in [6.07, 6.45) is 0.876. The van der Waals surface area contributed by atoms with Crippen LogP contribution < -0.4 is 9.62 Å². The van der Waals surface area contributed by atoms with E-state index in [-0.39, 0.29) is 10.6 Å². The van der Waals surface area contributed by atoms with Crippen molar-refractivity contribution in [1.82, 2.24) is 9.62 Å². The van der Waals surface area contributed by atoms with Gasteiger partial charge in [0.05, 0.1) is 9.82 Å². The van der Waals surface area contributed by atoms with Crippen molar-refractivity contribution in [2.75, 3.05) is 38.1 Å². The summed E-state index contributed by atoms with van der Waals surface area (Å²) in [7, 11) is -2.45. The lowest BCUT2D eigenvalue weighted by molar-refractivity contribution is -0.384. The molecule has 3 rings (SSSR count). The lowest BCUT2D eigenvalue weighted by atomic mass is 10.2. The van der Waals surface area contributed by atoms with Gasteiger partial charge in [-0.25, -0.2) is 13.1 Å². The molecule has 0 saturated carbocycles. The molecule has 0 aromatic heterocycles. The third kappa shape index (κ3) is 4.67. The zero-order valence-electron chi connectivity index (χ0n) is 15.7. The second-order valence-electron chi connectivity index (χ2n) is 6.72. The molecule has 0 bridgehead atoms. The van der Waals surface area contributed by atoms with E-state index in [9.17, 15) is 18.5 Å². The molecule has 0 unspecified atom stereocenters. The summed E-state index contributed by atoms with van der Waals surface area (Å²) in [5.41, 5.74) is 1.51. The lowest BCUT2D eigenvalue weighted by Gasteiger charge is -2.23. The molecule has 1 fully saturated rings. The van der Waals surface area contributed by atoms with E-state index >= 15 is 0 Å². The highest BCUT2D eigenvalue weighted by atomic mass is 32.2. The molecule has 0 aliphatic carbocycles. The van der Waals surface area contributed by atoms with Crippen LogP contribution in [0.4, 0.5) is 11.4 Å². The predicted octanol–water partition coefficient (Wildman–Crippen LogP) is 2.22. The zero-order chi connectivity index (χ0) is 20.1. The largest absolute Gasteiger partial charge is 0.365 e. The Labute approximate surface area is 165 Å². The van der Waals surface area contributed by atoms with Crippen molar-refractivity contribution in [3.63, 3.8) is 0 Å². The Morgan fingerprint density at radius 3 is 2.50 bits per heavy atom. The summed E-state index contributed by atoms with van der Waals surface area (Å²) in [4.78, 5) is 15.3. The van der Waals surface area contributed by atoms with Crippen molar-refractivity contribution in [3.05, 3.63) is 64.2 Å². The molecule has 2 aromatic carbocycles. The number of hydrogen-bond donors (Lipinski definition) is 1. The maximum Gasteiger partial charge on any atom is 0.293 e. The number of nitrogens with zero attached hydrogens (tertiary/aromatic N) is 3. The molecule has 9 heteroatoms. The molecule has 150 valence electrons. The monoisotopic (exact) mass is 404 g/mol. The maximum absolute atomic E-state index is 12.0. The Morgan fingerprint density at radius 2 is 1.82 bits per heavy atom. The molecule has 1 heterocycles. The average molecular weight is 404 g/mol. The quantitative estimate of drug-likeness (QED) is 0.586. The van der Waals surface area contributed by atoms with Gasteiger partial charge in [-0.05, 0) is 31.2 Å². The normalized spacial score (nSPS) is 16.0. The molecule has 1 aliphatic rings. The van der Waals surface area contributed by atoms with E-state index < -0.39 is 14.9 Å². The van der Waals surface area contributed by atoms with Gasteiger partial charge in [0.1, 0.15) is 5.69 Å². The van der Waals surface area contributed by atoms with Crippen LogP contribution in [0.1, 0.15) is 12.0 Å². The highest BCUT2D eigenvalue weighted by Gasteiger charge is 2.25. The third-order valence-electron chi connectivity index (χ3n) is 4.90. The van der Waals surface area contributed by atoms with E-state index in [1.165, 1.54) is 24.7 Å². The number of rotatable bonds is 6. The Morgan fingerprint density at radius 1 is 1.07 bits per heavy atom.